The number of hydrogen-bond donors (Lipinski definition) is 1. The van der Waals surface area contributed by atoms with E-state index in [0.717, 1.165) is 22.5 Å². The van der Waals surface area contributed by atoms with Gasteiger partial charge in [-0.25, -0.2) is 13.4 Å². The van der Waals surface area contributed by atoms with Crippen molar-refractivity contribution >= 4 is 44.6 Å². The molecule has 2 aliphatic heterocycles. The van der Waals surface area contributed by atoms with Gasteiger partial charge in [0.05, 0.1) is 17.7 Å². The highest BCUT2D eigenvalue weighted by Crippen LogP contribution is 2.36. The van der Waals surface area contributed by atoms with E-state index in [1.165, 1.54) is 0 Å². The summed E-state index contributed by atoms with van der Waals surface area (Å²) in [5.74, 6) is 1.16. The Bertz CT molecular complexity index is 1280. The monoisotopic (exact) mass is 435 g/mol. The molecular weight excluding hydrogens is 414 g/mol. The number of hydrogen-bond acceptors (Lipinski definition) is 7. The minimum absolute atomic E-state index is 0.00354. The first-order valence-corrected chi connectivity index (χ1v) is 11.8. The number of aromatic nitrogens is 2. The van der Waals surface area contributed by atoms with E-state index in [2.05, 4.69) is 10.3 Å². The van der Waals surface area contributed by atoms with E-state index in [1.807, 2.05) is 53.4 Å². The van der Waals surface area contributed by atoms with Crippen molar-refractivity contribution in [3.63, 3.8) is 0 Å². The van der Waals surface area contributed by atoms with Gasteiger partial charge in [0, 0.05) is 31.4 Å². The Balaban J connectivity index is 1.51. The Morgan fingerprint density at radius 2 is 1.81 bits per heavy atom. The number of carbonyl (C=O) groups excluding carboxylic acids is 1. The van der Waals surface area contributed by atoms with Gasteiger partial charge in [0.1, 0.15) is 5.69 Å². The van der Waals surface area contributed by atoms with E-state index in [0.29, 0.717) is 30.4 Å². The lowest BCUT2D eigenvalue weighted by atomic mass is 10.1. The molecule has 31 heavy (non-hydrogen) atoms. The Hall–Kier alpha value is -3.46. The maximum absolute atomic E-state index is 12.5. The number of sulfone groups is 1. The van der Waals surface area contributed by atoms with Gasteiger partial charge in [0.2, 0.25) is 11.9 Å². The van der Waals surface area contributed by atoms with Gasteiger partial charge in [-0.15, -0.1) is 0 Å². The molecule has 158 valence electrons. The summed E-state index contributed by atoms with van der Waals surface area (Å²) in [5, 5.41) is 3.18. The van der Waals surface area contributed by atoms with E-state index in [4.69, 9.17) is 4.98 Å². The molecule has 0 bridgehead atoms. The zero-order valence-electron chi connectivity index (χ0n) is 16.9. The van der Waals surface area contributed by atoms with Crippen LogP contribution in [0.4, 0.5) is 28.8 Å². The van der Waals surface area contributed by atoms with Gasteiger partial charge in [-0.3, -0.25) is 4.79 Å². The van der Waals surface area contributed by atoms with Crippen LogP contribution < -0.4 is 15.1 Å². The molecule has 0 radical (unpaired) electrons. The Labute approximate surface area is 180 Å². The molecule has 3 aromatic rings. The van der Waals surface area contributed by atoms with Gasteiger partial charge in [-0.1, -0.05) is 24.3 Å². The molecule has 1 N–H and O–H groups in total. The number of rotatable bonds is 3. The lowest BCUT2D eigenvalue weighted by Crippen LogP contribution is -2.25. The van der Waals surface area contributed by atoms with Crippen molar-refractivity contribution in [2.24, 2.45) is 0 Å². The molecule has 0 fully saturated rings. The molecule has 0 saturated heterocycles. The van der Waals surface area contributed by atoms with E-state index in [-0.39, 0.29) is 17.4 Å². The van der Waals surface area contributed by atoms with Crippen LogP contribution in [0, 0.1) is 0 Å². The normalized spacial score (nSPS) is 17.1. The quantitative estimate of drug-likeness (QED) is 0.675. The summed E-state index contributed by atoms with van der Waals surface area (Å²) >= 11 is 0. The van der Waals surface area contributed by atoms with Crippen LogP contribution >= 0.6 is 0 Å². The van der Waals surface area contributed by atoms with Crippen molar-refractivity contribution < 1.29 is 13.2 Å². The first-order valence-electron chi connectivity index (χ1n) is 9.95. The maximum Gasteiger partial charge on any atom is 0.229 e. The van der Waals surface area contributed by atoms with Crippen molar-refractivity contribution in [1.29, 1.82) is 0 Å². The fourth-order valence-corrected chi connectivity index (χ4v) is 5.57. The molecule has 0 saturated carbocycles. The Morgan fingerprint density at radius 1 is 1.03 bits per heavy atom. The number of carbonyl (C=O) groups is 1. The van der Waals surface area contributed by atoms with Gasteiger partial charge >= 0.3 is 0 Å². The lowest BCUT2D eigenvalue weighted by Gasteiger charge is -2.24. The Morgan fingerprint density at radius 3 is 2.61 bits per heavy atom. The summed E-state index contributed by atoms with van der Waals surface area (Å²) in [4.78, 5) is 25.2. The highest BCUT2D eigenvalue weighted by molar-refractivity contribution is 7.90. The third-order valence-corrected chi connectivity index (χ3v) is 7.07. The standard InChI is InChI=1S/C22H21N5O3S/c1-26-19-12-23-22(24-17-8-7-15-13-31(29,30)14-16(15)11-17)25-21(19)27(10-9-20(26)28)18-5-3-2-4-6-18/h2-8,11-12H,9-10,13-14H2,1H3,(H,23,24,25). The van der Waals surface area contributed by atoms with Crippen LogP contribution in [-0.4, -0.2) is 37.9 Å². The minimum Gasteiger partial charge on any atom is -0.324 e. The predicted octanol–water partition coefficient (Wildman–Crippen LogP) is 3.15. The van der Waals surface area contributed by atoms with Crippen molar-refractivity contribution in [1.82, 2.24) is 9.97 Å². The van der Waals surface area contributed by atoms with Crippen LogP contribution in [0.5, 0.6) is 0 Å². The van der Waals surface area contributed by atoms with Crippen molar-refractivity contribution in [3.8, 4) is 0 Å². The van der Waals surface area contributed by atoms with Crippen molar-refractivity contribution in [3.05, 3.63) is 65.9 Å². The van der Waals surface area contributed by atoms with Crippen molar-refractivity contribution in [2.75, 3.05) is 28.7 Å². The topological polar surface area (TPSA) is 95.5 Å². The van der Waals surface area contributed by atoms with E-state index < -0.39 is 9.84 Å². The first-order chi connectivity index (χ1) is 14.9. The summed E-state index contributed by atoms with van der Waals surface area (Å²) < 4.78 is 23.8. The molecule has 0 unspecified atom stereocenters. The number of amides is 1. The van der Waals surface area contributed by atoms with Crippen LogP contribution in [0.1, 0.15) is 17.5 Å². The predicted molar refractivity (Wildman–Crippen MR) is 120 cm³/mol. The molecule has 1 aromatic heterocycles. The van der Waals surface area contributed by atoms with Crippen LogP contribution in [0.25, 0.3) is 0 Å². The van der Waals surface area contributed by atoms with E-state index >= 15 is 0 Å². The second-order valence-electron chi connectivity index (χ2n) is 7.73. The molecule has 0 aliphatic carbocycles. The van der Waals surface area contributed by atoms with Gasteiger partial charge in [0.25, 0.3) is 0 Å². The first kappa shape index (κ1) is 19.5. The van der Waals surface area contributed by atoms with E-state index in [9.17, 15) is 13.2 Å². The van der Waals surface area contributed by atoms with Crippen LogP contribution in [-0.2, 0) is 26.1 Å². The summed E-state index contributed by atoms with van der Waals surface area (Å²) in [6.45, 7) is 0.507. The highest BCUT2D eigenvalue weighted by atomic mass is 32.2. The smallest absolute Gasteiger partial charge is 0.229 e. The van der Waals surface area contributed by atoms with Gasteiger partial charge in [-0.2, -0.15) is 4.98 Å². The zero-order chi connectivity index (χ0) is 21.6. The summed E-state index contributed by atoms with van der Waals surface area (Å²) in [6, 6.07) is 15.3. The van der Waals surface area contributed by atoms with Crippen molar-refractivity contribution in [2.45, 2.75) is 17.9 Å². The average Bonchev–Trinajstić information content (AvgIpc) is 3.00. The third kappa shape index (κ3) is 3.72. The SMILES string of the molecule is CN1C(=O)CCN(c2ccccc2)c2nc(Nc3ccc4c(c3)CS(=O)(=O)C4)ncc21. The highest BCUT2D eigenvalue weighted by Gasteiger charge is 2.27. The fourth-order valence-electron chi connectivity index (χ4n) is 3.97. The number of fused-ring (bicyclic) bond motifs is 2. The Kier molecular flexibility index (Phi) is 4.62. The van der Waals surface area contributed by atoms with E-state index in [1.54, 1.807) is 18.1 Å². The summed E-state index contributed by atoms with van der Waals surface area (Å²) in [7, 11) is -1.33. The average molecular weight is 436 g/mol. The summed E-state index contributed by atoms with van der Waals surface area (Å²) in [6.07, 6.45) is 2.01. The zero-order valence-corrected chi connectivity index (χ0v) is 17.8. The molecule has 2 aliphatic rings. The largest absolute Gasteiger partial charge is 0.324 e. The summed E-state index contributed by atoms with van der Waals surface area (Å²) in [5.41, 5.74) is 3.94. The second kappa shape index (κ2) is 7.35. The number of benzene rings is 2. The number of nitrogens with one attached hydrogen (secondary N) is 1. The van der Waals surface area contributed by atoms with Gasteiger partial charge in [-0.05, 0) is 35.4 Å². The molecule has 3 heterocycles. The molecule has 1 amide bonds. The molecule has 0 atom stereocenters. The molecule has 0 spiro atoms. The molecular formula is C22H21N5O3S. The van der Waals surface area contributed by atoms with Gasteiger partial charge in [0.15, 0.2) is 15.7 Å². The van der Waals surface area contributed by atoms with Crippen LogP contribution in [0.2, 0.25) is 0 Å². The molecule has 2 aromatic carbocycles. The van der Waals surface area contributed by atoms with Crippen LogP contribution in [0.3, 0.4) is 0 Å². The number of anilines is 5. The molecule has 8 nitrogen and oxygen atoms in total. The maximum atomic E-state index is 12.5. The molecule has 9 heteroatoms. The fraction of sp³-hybridized carbons (Fsp3) is 0.227. The number of nitrogens with zero attached hydrogens (tertiary/aromatic N) is 4. The second-order valence-corrected chi connectivity index (χ2v) is 9.80. The third-order valence-electron chi connectivity index (χ3n) is 5.57. The van der Waals surface area contributed by atoms with Gasteiger partial charge < -0.3 is 15.1 Å². The minimum atomic E-state index is -3.06. The lowest BCUT2D eigenvalue weighted by molar-refractivity contribution is -0.118. The van der Waals surface area contributed by atoms with Crippen LogP contribution in [0.15, 0.2) is 54.7 Å². The number of para-hydroxylation sites is 1. The molecule has 5 rings (SSSR count).